The van der Waals surface area contributed by atoms with Gasteiger partial charge in [0.2, 0.25) is 0 Å². The van der Waals surface area contributed by atoms with Gasteiger partial charge in [-0.15, -0.1) is 0 Å². The average molecular weight is 601 g/mol. The summed E-state index contributed by atoms with van der Waals surface area (Å²) in [6.45, 7) is 4.08. The molecule has 2 fully saturated rings. The molecule has 0 spiro atoms. The zero-order valence-corrected chi connectivity index (χ0v) is 26.3. The predicted molar refractivity (Wildman–Crippen MR) is 173 cm³/mol. The highest BCUT2D eigenvalue weighted by atomic mass is 16.5. The summed E-state index contributed by atoms with van der Waals surface area (Å²) in [7, 11) is 5.53. The van der Waals surface area contributed by atoms with Crippen LogP contribution in [0.25, 0.3) is 0 Å². The standard InChI is InChI=1S/C35H44N4O5/c1-6-24(7-2)36-35(41)37-25-10-19-32(33(20-25)42-5)44-30-17-13-26(14-18-30)39(4)34(40)23-8-15-29(16-9-23)43-31-21-27-11-12-28(22-31)38(27)3/h8-10,13-20,24,27-28,31H,6-7,11-12,21-22H2,1-5H3,(H2,36,37,41). The quantitative estimate of drug-likeness (QED) is 0.244. The fourth-order valence-corrected chi connectivity index (χ4v) is 6.18. The van der Waals surface area contributed by atoms with E-state index in [2.05, 4.69) is 22.6 Å². The van der Waals surface area contributed by atoms with E-state index < -0.39 is 0 Å². The van der Waals surface area contributed by atoms with Crippen LogP contribution in [-0.4, -0.2) is 62.3 Å². The van der Waals surface area contributed by atoms with Gasteiger partial charge in [0.15, 0.2) is 11.5 Å². The lowest BCUT2D eigenvalue weighted by Gasteiger charge is -2.36. The summed E-state index contributed by atoms with van der Waals surface area (Å²) >= 11 is 0. The molecule has 0 aromatic heterocycles. The van der Waals surface area contributed by atoms with Gasteiger partial charge in [-0.05, 0) is 106 Å². The Hall–Kier alpha value is -4.24. The van der Waals surface area contributed by atoms with Crippen molar-refractivity contribution in [2.45, 2.75) is 76.6 Å². The molecule has 9 nitrogen and oxygen atoms in total. The smallest absolute Gasteiger partial charge is 0.319 e. The lowest BCUT2D eigenvalue weighted by Crippen LogP contribution is -2.43. The van der Waals surface area contributed by atoms with Crippen LogP contribution >= 0.6 is 0 Å². The van der Waals surface area contributed by atoms with Gasteiger partial charge in [0.1, 0.15) is 17.6 Å². The van der Waals surface area contributed by atoms with E-state index in [4.69, 9.17) is 14.2 Å². The Balaban J connectivity index is 1.16. The summed E-state index contributed by atoms with van der Waals surface area (Å²) in [6.07, 6.45) is 6.59. The van der Waals surface area contributed by atoms with E-state index in [1.54, 1.807) is 49.4 Å². The molecule has 234 valence electrons. The Kier molecular flexibility index (Phi) is 9.95. The number of ether oxygens (including phenoxy) is 3. The maximum absolute atomic E-state index is 13.2. The highest BCUT2D eigenvalue weighted by Gasteiger charge is 2.39. The molecule has 2 N–H and O–H groups in total. The van der Waals surface area contributed by atoms with Crippen molar-refractivity contribution in [3.05, 3.63) is 72.3 Å². The molecule has 2 unspecified atom stereocenters. The van der Waals surface area contributed by atoms with Gasteiger partial charge >= 0.3 is 6.03 Å². The molecule has 0 aliphatic carbocycles. The van der Waals surface area contributed by atoms with E-state index in [1.807, 2.05) is 50.2 Å². The Morgan fingerprint density at radius 3 is 2.16 bits per heavy atom. The molecule has 2 bridgehead atoms. The maximum atomic E-state index is 13.2. The molecule has 3 amide bonds. The van der Waals surface area contributed by atoms with Gasteiger partial charge in [0.25, 0.3) is 5.91 Å². The van der Waals surface area contributed by atoms with E-state index in [1.165, 1.54) is 12.8 Å². The predicted octanol–water partition coefficient (Wildman–Crippen LogP) is 7.08. The number of nitrogens with one attached hydrogen (secondary N) is 2. The number of urea groups is 1. The second kappa shape index (κ2) is 14.0. The van der Waals surface area contributed by atoms with Crippen LogP contribution < -0.4 is 29.7 Å². The van der Waals surface area contributed by atoms with Crippen LogP contribution in [-0.2, 0) is 0 Å². The Labute approximate surface area is 260 Å². The molecule has 3 aromatic rings. The average Bonchev–Trinajstić information content (AvgIpc) is 3.23. The van der Waals surface area contributed by atoms with Crippen LogP contribution in [0.5, 0.6) is 23.0 Å². The van der Waals surface area contributed by atoms with Crippen LogP contribution in [0, 0.1) is 0 Å². The third-order valence-electron chi connectivity index (χ3n) is 8.96. The van der Waals surface area contributed by atoms with Crippen molar-refractivity contribution in [2.24, 2.45) is 0 Å². The van der Waals surface area contributed by atoms with E-state index in [9.17, 15) is 9.59 Å². The summed E-state index contributed by atoms with van der Waals surface area (Å²) in [5, 5.41) is 5.80. The first-order valence-electron chi connectivity index (χ1n) is 15.6. The monoisotopic (exact) mass is 600 g/mol. The second-order valence-electron chi connectivity index (χ2n) is 11.7. The number of methoxy groups -OCH3 is 1. The van der Waals surface area contributed by atoms with E-state index in [-0.39, 0.29) is 24.1 Å². The molecule has 5 rings (SSSR count). The number of fused-ring (bicyclic) bond motifs is 2. The number of anilines is 2. The highest BCUT2D eigenvalue weighted by Crippen LogP contribution is 2.37. The zero-order chi connectivity index (χ0) is 31.2. The number of rotatable bonds is 11. The molecule has 9 heteroatoms. The zero-order valence-electron chi connectivity index (χ0n) is 26.3. The molecule has 0 saturated carbocycles. The topological polar surface area (TPSA) is 92.4 Å². The fourth-order valence-electron chi connectivity index (χ4n) is 6.18. The van der Waals surface area contributed by atoms with E-state index in [0.717, 1.165) is 37.1 Å². The molecular weight excluding hydrogens is 556 g/mol. The Morgan fingerprint density at radius 1 is 0.909 bits per heavy atom. The van der Waals surface area contributed by atoms with E-state index in [0.29, 0.717) is 40.6 Å². The van der Waals surface area contributed by atoms with Gasteiger partial charge < -0.3 is 34.6 Å². The summed E-state index contributed by atoms with van der Waals surface area (Å²) < 4.78 is 17.9. The molecule has 2 heterocycles. The number of hydrogen-bond donors (Lipinski definition) is 2. The van der Waals surface area contributed by atoms with Gasteiger partial charge in [-0.1, -0.05) is 13.8 Å². The SMILES string of the molecule is CCC(CC)NC(=O)Nc1ccc(Oc2ccc(N(C)C(=O)c3ccc(OC4CC5CCC(C4)N5C)cc3)cc2)c(OC)c1. The van der Waals surface area contributed by atoms with Gasteiger partial charge in [0.05, 0.1) is 7.11 Å². The van der Waals surface area contributed by atoms with Crippen molar-refractivity contribution in [1.29, 1.82) is 0 Å². The fraction of sp³-hybridized carbons (Fsp3) is 0.429. The largest absolute Gasteiger partial charge is 0.493 e. The number of amides is 3. The number of benzene rings is 3. The number of nitrogens with zero attached hydrogens (tertiary/aromatic N) is 2. The lowest BCUT2D eigenvalue weighted by molar-refractivity contribution is 0.0661. The normalized spacial score (nSPS) is 19.4. The lowest BCUT2D eigenvalue weighted by atomic mass is 10.0. The van der Waals surface area contributed by atoms with Gasteiger partial charge in [-0.2, -0.15) is 0 Å². The van der Waals surface area contributed by atoms with Crippen molar-refractivity contribution < 1.29 is 23.8 Å². The number of hydrogen-bond acceptors (Lipinski definition) is 6. The van der Waals surface area contributed by atoms with Crippen LogP contribution in [0.4, 0.5) is 16.2 Å². The number of carbonyl (C=O) groups excluding carboxylic acids is 2. The van der Waals surface area contributed by atoms with Crippen LogP contribution in [0.15, 0.2) is 66.7 Å². The van der Waals surface area contributed by atoms with Crippen molar-refractivity contribution in [1.82, 2.24) is 10.2 Å². The highest BCUT2D eigenvalue weighted by molar-refractivity contribution is 6.05. The van der Waals surface area contributed by atoms with Crippen molar-refractivity contribution in [3.8, 4) is 23.0 Å². The van der Waals surface area contributed by atoms with E-state index >= 15 is 0 Å². The molecule has 3 aromatic carbocycles. The molecule has 2 saturated heterocycles. The third kappa shape index (κ3) is 7.27. The van der Waals surface area contributed by atoms with Gasteiger partial charge in [-0.25, -0.2) is 4.79 Å². The molecular formula is C35H44N4O5. The summed E-state index contributed by atoms with van der Waals surface area (Å²) in [5.41, 5.74) is 1.93. The van der Waals surface area contributed by atoms with Crippen molar-refractivity contribution in [2.75, 3.05) is 31.4 Å². The first-order valence-corrected chi connectivity index (χ1v) is 15.6. The minimum absolute atomic E-state index is 0.111. The number of carbonyl (C=O) groups is 2. The third-order valence-corrected chi connectivity index (χ3v) is 8.96. The van der Waals surface area contributed by atoms with Crippen LogP contribution in [0.2, 0.25) is 0 Å². The molecule has 2 atom stereocenters. The maximum Gasteiger partial charge on any atom is 0.319 e. The minimum atomic E-state index is -0.257. The Morgan fingerprint density at radius 2 is 1.55 bits per heavy atom. The first-order chi connectivity index (χ1) is 21.3. The van der Waals surface area contributed by atoms with Crippen LogP contribution in [0.3, 0.4) is 0 Å². The Bertz CT molecular complexity index is 1410. The van der Waals surface area contributed by atoms with Gasteiger partial charge in [-0.3, -0.25) is 4.79 Å². The van der Waals surface area contributed by atoms with Crippen molar-refractivity contribution >= 4 is 23.3 Å². The van der Waals surface area contributed by atoms with Crippen LogP contribution in [0.1, 0.15) is 62.7 Å². The second-order valence-corrected chi connectivity index (χ2v) is 11.7. The number of piperidine rings is 1. The minimum Gasteiger partial charge on any atom is -0.493 e. The summed E-state index contributed by atoms with van der Waals surface area (Å²) in [4.78, 5) is 29.7. The summed E-state index contributed by atoms with van der Waals surface area (Å²) in [5.74, 6) is 2.27. The van der Waals surface area contributed by atoms with Gasteiger partial charge in [0, 0.05) is 48.2 Å². The first kappa shape index (κ1) is 31.2. The molecule has 0 radical (unpaired) electrons. The molecule has 2 aliphatic heterocycles. The molecule has 44 heavy (non-hydrogen) atoms. The van der Waals surface area contributed by atoms with Crippen molar-refractivity contribution in [3.63, 3.8) is 0 Å². The summed E-state index contributed by atoms with van der Waals surface area (Å²) in [6, 6.07) is 21.1. The molecule has 2 aliphatic rings.